The second kappa shape index (κ2) is 4.94. The van der Waals surface area contributed by atoms with Crippen molar-refractivity contribution in [1.29, 1.82) is 0 Å². The zero-order chi connectivity index (χ0) is 15.1. The Morgan fingerprint density at radius 1 is 1.05 bits per heavy atom. The summed E-state index contributed by atoms with van der Waals surface area (Å²) >= 11 is 0. The van der Waals surface area contributed by atoms with E-state index in [0.29, 0.717) is 17.1 Å². The molecule has 0 saturated carbocycles. The van der Waals surface area contributed by atoms with E-state index in [1.54, 1.807) is 19.2 Å². The van der Waals surface area contributed by atoms with Gasteiger partial charge in [-0.2, -0.15) is 4.31 Å². The first-order chi connectivity index (χ1) is 10.0. The van der Waals surface area contributed by atoms with Gasteiger partial charge in [0.25, 0.3) is 0 Å². The van der Waals surface area contributed by atoms with Crippen LogP contribution in [0.25, 0.3) is 0 Å². The molecule has 110 valence electrons. The normalized spacial score (nSPS) is 23.9. The molecule has 0 N–H and O–H groups in total. The molecule has 5 heteroatoms. The van der Waals surface area contributed by atoms with E-state index in [9.17, 15) is 8.42 Å². The van der Waals surface area contributed by atoms with E-state index in [-0.39, 0.29) is 0 Å². The molecule has 0 radical (unpaired) electrons. The van der Waals surface area contributed by atoms with Gasteiger partial charge in [-0.15, -0.1) is 0 Å². The summed E-state index contributed by atoms with van der Waals surface area (Å²) in [4.78, 5) is 0.310. The molecule has 0 unspecified atom stereocenters. The molecule has 21 heavy (non-hydrogen) atoms. The molecule has 0 bridgehead atoms. The summed E-state index contributed by atoms with van der Waals surface area (Å²) in [5.74, 6) is 0. The number of rotatable bonds is 3. The van der Waals surface area contributed by atoms with Crippen LogP contribution in [0.4, 0.5) is 0 Å². The summed E-state index contributed by atoms with van der Waals surface area (Å²) in [6, 6.07) is 16.5. The minimum absolute atomic E-state index is 0.310. The number of ether oxygens (including phenoxy) is 1. The molecule has 0 saturated heterocycles. The predicted octanol–water partition coefficient (Wildman–Crippen LogP) is 2.56. The summed E-state index contributed by atoms with van der Waals surface area (Å²) in [5, 5.41) is 0. The Kier molecular flexibility index (Phi) is 3.36. The number of fused-ring (bicyclic) bond motifs is 1. The molecule has 2 aromatic carbocycles. The lowest BCUT2D eigenvalue weighted by Gasteiger charge is -2.35. The Bertz CT molecular complexity index is 758. The quantitative estimate of drug-likeness (QED) is 0.875. The van der Waals surface area contributed by atoms with Gasteiger partial charge in [-0.1, -0.05) is 48.5 Å². The molecule has 0 aromatic heterocycles. The lowest BCUT2D eigenvalue weighted by molar-refractivity contribution is -0.0777. The van der Waals surface area contributed by atoms with Gasteiger partial charge in [-0.25, -0.2) is 8.42 Å². The second-order valence-corrected chi connectivity index (χ2v) is 6.85. The lowest BCUT2D eigenvalue weighted by atomic mass is 9.94. The third-order valence-electron chi connectivity index (χ3n) is 3.85. The van der Waals surface area contributed by atoms with E-state index in [4.69, 9.17) is 4.74 Å². The van der Waals surface area contributed by atoms with Crippen LogP contribution in [0.5, 0.6) is 0 Å². The van der Waals surface area contributed by atoms with Crippen LogP contribution < -0.4 is 0 Å². The Morgan fingerprint density at radius 3 is 2.33 bits per heavy atom. The van der Waals surface area contributed by atoms with Crippen LogP contribution in [-0.4, -0.2) is 26.4 Å². The minimum Gasteiger partial charge on any atom is -0.351 e. The first kappa shape index (κ1) is 14.3. The fourth-order valence-electron chi connectivity index (χ4n) is 2.92. The van der Waals surface area contributed by atoms with Crippen molar-refractivity contribution in [2.75, 3.05) is 13.7 Å². The number of benzene rings is 2. The van der Waals surface area contributed by atoms with Gasteiger partial charge < -0.3 is 4.74 Å². The van der Waals surface area contributed by atoms with Gasteiger partial charge in [-0.3, -0.25) is 0 Å². The Labute approximate surface area is 125 Å². The second-order valence-electron chi connectivity index (χ2n) is 4.91. The zero-order valence-corrected chi connectivity index (χ0v) is 12.8. The van der Waals surface area contributed by atoms with Gasteiger partial charge in [0.2, 0.25) is 10.0 Å². The van der Waals surface area contributed by atoms with Crippen LogP contribution in [0.15, 0.2) is 59.5 Å². The fraction of sp³-hybridized carbons (Fsp3) is 0.250. The van der Waals surface area contributed by atoms with Gasteiger partial charge in [0.15, 0.2) is 5.72 Å². The Balaban J connectivity index is 2.36. The van der Waals surface area contributed by atoms with E-state index >= 15 is 0 Å². The molecule has 1 aliphatic rings. The summed E-state index contributed by atoms with van der Waals surface area (Å²) in [7, 11) is -1.99. The standard InChI is InChI=1S/C16H17NO3S/c1-3-20-16(13-9-5-4-6-10-13)14-11-7-8-12-15(14)21(18,19)17(16)2/h4-12H,3H2,1-2H3/t16-/m1/s1. The summed E-state index contributed by atoms with van der Waals surface area (Å²) < 4.78 is 32.7. The number of hydrogen-bond acceptors (Lipinski definition) is 3. The monoisotopic (exact) mass is 303 g/mol. The highest BCUT2D eigenvalue weighted by molar-refractivity contribution is 7.89. The lowest BCUT2D eigenvalue weighted by Crippen LogP contribution is -2.44. The van der Waals surface area contributed by atoms with E-state index in [1.807, 2.05) is 49.4 Å². The summed E-state index contributed by atoms with van der Waals surface area (Å²) in [6.45, 7) is 2.27. The van der Waals surface area contributed by atoms with E-state index in [0.717, 1.165) is 5.56 Å². The van der Waals surface area contributed by atoms with Crippen LogP contribution in [0, 0.1) is 0 Å². The highest BCUT2D eigenvalue weighted by atomic mass is 32.2. The molecular formula is C16H17NO3S. The summed E-state index contributed by atoms with van der Waals surface area (Å²) in [6.07, 6.45) is 0. The molecule has 3 rings (SSSR count). The first-order valence-corrected chi connectivity index (χ1v) is 8.27. The van der Waals surface area contributed by atoms with Crippen molar-refractivity contribution in [3.8, 4) is 0 Å². The highest BCUT2D eigenvalue weighted by Crippen LogP contribution is 2.47. The van der Waals surface area contributed by atoms with E-state index in [1.165, 1.54) is 4.31 Å². The van der Waals surface area contributed by atoms with Gasteiger partial charge in [-0.05, 0) is 13.0 Å². The van der Waals surface area contributed by atoms with Crippen LogP contribution >= 0.6 is 0 Å². The van der Waals surface area contributed by atoms with Gasteiger partial charge >= 0.3 is 0 Å². The maximum atomic E-state index is 12.7. The maximum Gasteiger partial charge on any atom is 0.246 e. The molecule has 0 spiro atoms. The largest absolute Gasteiger partial charge is 0.351 e. The Hall–Kier alpha value is -1.69. The fourth-order valence-corrected chi connectivity index (χ4v) is 4.54. The van der Waals surface area contributed by atoms with Crippen LogP contribution in [0.2, 0.25) is 0 Å². The van der Waals surface area contributed by atoms with E-state index < -0.39 is 15.7 Å². The molecule has 0 aliphatic carbocycles. The van der Waals surface area contributed by atoms with Crippen LogP contribution in [0.1, 0.15) is 18.1 Å². The average Bonchev–Trinajstić information content (AvgIpc) is 2.68. The van der Waals surface area contributed by atoms with Crippen molar-refractivity contribution < 1.29 is 13.2 Å². The third-order valence-corrected chi connectivity index (χ3v) is 5.74. The number of hydrogen-bond donors (Lipinski definition) is 0. The Morgan fingerprint density at radius 2 is 1.67 bits per heavy atom. The predicted molar refractivity (Wildman–Crippen MR) is 80.2 cm³/mol. The van der Waals surface area contributed by atoms with E-state index in [2.05, 4.69) is 0 Å². The topological polar surface area (TPSA) is 46.6 Å². The molecule has 2 aromatic rings. The number of nitrogens with zero attached hydrogens (tertiary/aromatic N) is 1. The van der Waals surface area contributed by atoms with Crippen molar-refractivity contribution in [1.82, 2.24) is 4.31 Å². The SMILES string of the molecule is CCO[C@]1(c2ccccc2)c2ccccc2S(=O)(=O)N1C. The van der Waals surface area contributed by atoms with Crippen molar-refractivity contribution in [2.45, 2.75) is 17.5 Å². The minimum atomic E-state index is -3.55. The van der Waals surface area contributed by atoms with Crippen molar-refractivity contribution >= 4 is 10.0 Å². The number of sulfonamides is 1. The van der Waals surface area contributed by atoms with Gasteiger partial charge in [0, 0.05) is 24.8 Å². The van der Waals surface area contributed by atoms with Crippen molar-refractivity contribution in [2.24, 2.45) is 0 Å². The van der Waals surface area contributed by atoms with Crippen LogP contribution in [-0.2, 0) is 20.5 Å². The molecule has 0 fully saturated rings. The van der Waals surface area contributed by atoms with Gasteiger partial charge in [0.1, 0.15) is 0 Å². The zero-order valence-electron chi connectivity index (χ0n) is 12.0. The maximum absolute atomic E-state index is 12.7. The molecule has 1 aliphatic heterocycles. The summed E-state index contributed by atoms with van der Waals surface area (Å²) in [5.41, 5.74) is 0.384. The first-order valence-electron chi connectivity index (χ1n) is 6.83. The molecular weight excluding hydrogens is 286 g/mol. The van der Waals surface area contributed by atoms with Crippen molar-refractivity contribution in [3.05, 3.63) is 65.7 Å². The van der Waals surface area contributed by atoms with Crippen molar-refractivity contribution in [3.63, 3.8) is 0 Å². The van der Waals surface area contributed by atoms with Crippen LogP contribution in [0.3, 0.4) is 0 Å². The molecule has 0 amide bonds. The molecule has 4 nitrogen and oxygen atoms in total. The third kappa shape index (κ3) is 1.85. The highest BCUT2D eigenvalue weighted by Gasteiger charge is 2.54. The average molecular weight is 303 g/mol. The molecule has 1 heterocycles. The molecule has 1 atom stereocenters. The van der Waals surface area contributed by atoms with Gasteiger partial charge in [0.05, 0.1) is 4.90 Å². The smallest absolute Gasteiger partial charge is 0.246 e.